The highest BCUT2D eigenvalue weighted by Gasteiger charge is 2.16. The number of rotatable bonds is 8. The summed E-state index contributed by atoms with van der Waals surface area (Å²) < 4.78 is 2.40. The van der Waals surface area contributed by atoms with Crippen molar-refractivity contribution in [2.24, 2.45) is 5.73 Å². The summed E-state index contributed by atoms with van der Waals surface area (Å²) in [7, 11) is 1.50. The lowest BCUT2D eigenvalue weighted by atomic mass is 9.99. The Hall–Kier alpha value is -4.73. The van der Waals surface area contributed by atoms with Crippen LogP contribution in [0.1, 0.15) is 31.4 Å². The largest absolute Gasteiger partial charge is 0.333 e. The van der Waals surface area contributed by atoms with Gasteiger partial charge >= 0.3 is 0 Å². The van der Waals surface area contributed by atoms with E-state index in [2.05, 4.69) is 128 Å². The van der Waals surface area contributed by atoms with E-state index in [1.807, 2.05) is 12.2 Å². The minimum atomic E-state index is 0.752. The number of hydrogen-bond donors (Lipinski definition) is 2. The van der Waals surface area contributed by atoms with Crippen LogP contribution in [0.4, 0.5) is 0 Å². The first kappa shape index (κ1) is 28.3. The zero-order valence-corrected chi connectivity index (χ0v) is 23.6. The molecule has 1 aromatic heterocycles. The smallest absolute Gasteiger partial charge is 0.0619 e. The molecule has 3 nitrogen and oxygen atoms in total. The molecule has 0 aliphatic rings. The van der Waals surface area contributed by atoms with E-state index < -0.39 is 0 Å². The van der Waals surface area contributed by atoms with E-state index in [9.17, 15) is 0 Å². The van der Waals surface area contributed by atoms with E-state index in [1.165, 1.54) is 62.5 Å². The number of fused-ring (bicyclic) bond motifs is 5. The number of nitrogens with one attached hydrogen (secondary N) is 1. The summed E-state index contributed by atoms with van der Waals surface area (Å²) in [5.74, 6) is 0. The van der Waals surface area contributed by atoms with Crippen molar-refractivity contribution in [1.82, 2.24) is 4.57 Å². The Morgan fingerprint density at radius 1 is 0.900 bits per heavy atom. The van der Waals surface area contributed by atoms with Crippen LogP contribution in [0, 0.1) is 5.41 Å². The molecule has 0 amide bonds. The van der Waals surface area contributed by atoms with Crippen molar-refractivity contribution in [3.05, 3.63) is 139 Å². The fourth-order valence-corrected chi connectivity index (χ4v) is 5.16. The lowest BCUT2D eigenvalue weighted by molar-refractivity contribution is 1.18. The quantitative estimate of drug-likeness (QED) is 0.154. The first-order valence-electron chi connectivity index (χ1n) is 13.5. The van der Waals surface area contributed by atoms with Crippen LogP contribution in [0.15, 0.2) is 128 Å². The van der Waals surface area contributed by atoms with E-state index in [4.69, 9.17) is 5.41 Å². The van der Waals surface area contributed by atoms with Crippen molar-refractivity contribution in [1.29, 1.82) is 5.41 Å². The normalized spacial score (nSPS) is 12.1. The molecular formula is C37H37N3. The highest BCUT2D eigenvalue weighted by atomic mass is 15.0. The molecule has 5 aromatic rings. The van der Waals surface area contributed by atoms with Crippen LogP contribution in [0.25, 0.3) is 49.4 Å². The molecule has 0 saturated carbocycles. The molecule has 4 aromatic carbocycles. The van der Waals surface area contributed by atoms with Crippen LogP contribution in [-0.2, 0) is 0 Å². The van der Waals surface area contributed by atoms with Crippen LogP contribution < -0.4 is 5.73 Å². The predicted octanol–water partition coefficient (Wildman–Crippen LogP) is 9.66. The number of nitrogens with zero attached hydrogens (tertiary/aromatic N) is 1. The Morgan fingerprint density at radius 3 is 2.30 bits per heavy atom. The molecule has 40 heavy (non-hydrogen) atoms. The maximum absolute atomic E-state index is 7.18. The van der Waals surface area contributed by atoms with Crippen LogP contribution in [-0.4, -0.2) is 17.8 Å². The maximum Gasteiger partial charge on any atom is 0.0619 e. The van der Waals surface area contributed by atoms with Gasteiger partial charge < -0.3 is 15.7 Å². The molecule has 5 rings (SSSR count). The van der Waals surface area contributed by atoms with Gasteiger partial charge in [0.2, 0.25) is 0 Å². The Bertz CT molecular complexity index is 1790. The highest BCUT2D eigenvalue weighted by Crippen LogP contribution is 2.38. The second-order valence-electron chi connectivity index (χ2n) is 9.52. The van der Waals surface area contributed by atoms with Crippen LogP contribution >= 0.6 is 0 Å². The van der Waals surface area contributed by atoms with Gasteiger partial charge in [-0.25, -0.2) is 0 Å². The molecule has 0 fully saturated rings. The summed E-state index contributed by atoms with van der Waals surface area (Å²) in [5.41, 5.74) is 13.8. The van der Waals surface area contributed by atoms with Crippen molar-refractivity contribution in [2.45, 2.75) is 20.3 Å². The van der Waals surface area contributed by atoms with Gasteiger partial charge in [0.05, 0.1) is 11.0 Å². The lowest BCUT2D eigenvalue weighted by Gasteiger charge is -2.11. The molecule has 0 aliphatic heterocycles. The van der Waals surface area contributed by atoms with Crippen LogP contribution in [0.5, 0.6) is 0 Å². The van der Waals surface area contributed by atoms with E-state index in [1.54, 1.807) is 6.08 Å². The van der Waals surface area contributed by atoms with Crippen molar-refractivity contribution in [2.75, 3.05) is 7.05 Å². The van der Waals surface area contributed by atoms with Crippen LogP contribution in [0.3, 0.4) is 0 Å². The maximum atomic E-state index is 7.18. The molecule has 0 unspecified atom stereocenters. The summed E-state index contributed by atoms with van der Waals surface area (Å²) in [6.07, 6.45) is 11.9. The molecular weight excluding hydrogens is 486 g/mol. The van der Waals surface area contributed by atoms with E-state index in [0.717, 1.165) is 23.3 Å². The fraction of sp³-hybridized carbons (Fsp3) is 0.108. The van der Waals surface area contributed by atoms with Gasteiger partial charge in [-0.15, -0.1) is 0 Å². The third kappa shape index (κ3) is 5.51. The molecule has 1 heterocycles. The molecule has 3 N–H and O–H groups in total. The molecule has 3 heteroatoms. The van der Waals surface area contributed by atoms with Crippen molar-refractivity contribution in [3.63, 3.8) is 0 Å². The topological polar surface area (TPSA) is 54.8 Å². The monoisotopic (exact) mass is 523 g/mol. The first-order valence-corrected chi connectivity index (χ1v) is 13.5. The summed E-state index contributed by atoms with van der Waals surface area (Å²) in [4.78, 5) is 0. The second-order valence-corrected chi connectivity index (χ2v) is 9.52. The minimum absolute atomic E-state index is 0.752. The summed E-state index contributed by atoms with van der Waals surface area (Å²) in [6.45, 7) is 12.3. The number of aromatic nitrogens is 1. The molecule has 0 atom stereocenters. The Kier molecular flexibility index (Phi) is 9.11. The zero-order valence-electron chi connectivity index (χ0n) is 23.6. The van der Waals surface area contributed by atoms with Gasteiger partial charge in [-0.3, -0.25) is 0 Å². The molecule has 0 bridgehead atoms. The number of benzene rings is 4. The number of allylic oxidation sites excluding steroid dienone is 8. The number of hydrogen-bond acceptors (Lipinski definition) is 2. The molecule has 0 radical (unpaired) electrons. The lowest BCUT2D eigenvalue weighted by Crippen LogP contribution is -1.95. The minimum Gasteiger partial charge on any atom is -0.333 e. The Balaban J connectivity index is 0.00000181. The van der Waals surface area contributed by atoms with Crippen molar-refractivity contribution >= 4 is 49.9 Å². The Labute approximate surface area is 237 Å². The number of nitrogens with two attached hydrogens (primary N) is 1. The van der Waals surface area contributed by atoms with Crippen molar-refractivity contribution < 1.29 is 0 Å². The third-order valence-corrected chi connectivity index (χ3v) is 7.18. The summed E-state index contributed by atoms with van der Waals surface area (Å²) in [5, 5.41) is 12.1. The average molecular weight is 524 g/mol. The molecule has 0 saturated heterocycles. The summed E-state index contributed by atoms with van der Waals surface area (Å²) in [6, 6.07) is 28.6. The van der Waals surface area contributed by atoms with Gasteiger partial charge in [0.25, 0.3) is 0 Å². The SMILES string of the molecule is C=C/C(=C\C)c1ccc2c(ccc3c4ccc(/C(C)=C/CC(=C)/C=C\C=N)cc4n(-c4ccccc4)c23)c1.CN. The van der Waals surface area contributed by atoms with Crippen LogP contribution in [0.2, 0.25) is 0 Å². The molecule has 200 valence electrons. The molecule has 0 aliphatic carbocycles. The standard InChI is InChI=1S/C36H32N2.CH5N/c1-5-27(6-2)29-17-19-32-30(23-29)18-21-34-33-20-16-28(26(4)15-14-25(3)11-10-22-37)24-35(33)38(36(32)34)31-12-8-7-9-13-31;1-2/h5-13,15-24,37H,1,3,14H2,2,4H3;2H2,1H3/b11-10-,26-15+,27-6+,37-22?;. The fourth-order valence-electron chi connectivity index (χ4n) is 5.16. The average Bonchev–Trinajstić information content (AvgIpc) is 3.34. The summed E-state index contributed by atoms with van der Waals surface area (Å²) >= 11 is 0. The van der Waals surface area contributed by atoms with E-state index in [-0.39, 0.29) is 0 Å². The van der Waals surface area contributed by atoms with Gasteiger partial charge in [-0.1, -0.05) is 97.6 Å². The van der Waals surface area contributed by atoms with Gasteiger partial charge in [-0.05, 0) is 85.3 Å². The van der Waals surface area contributed by atoms with E-state index >= 15 is 0 Å². The predicted molar refractivity (Wildman–Crippen MR) is 178 cm³/mol. The van der Waals surface area contributed by atoms with E-state index in [0.29, 0.717) is 0 Å². The highest BCUT2D eigenvalue weighted by molar-refractivity contribution is 6.19. The van der Waals surface area contributed by atoms with Gasteiger partial charge in [0.1, 0.15) is 0 Å². The Morgan fingerprint density at radius 2 is 1.60 bits per heavy atom. The zero-order chi connectivity index (χ0) is 28.6. The third-order valence-electron chi connectivity index (χ3n) is 7.18. The van der Waals surface area contributed by atoms with Crippen molar-refractivity contribution in [3.8, 4) is 5.69 Å². The van der Waals surface area contributed by atoms with Gasteiger partial charge in [-0.2, -0.15) is 0 Å². The number of para-hydroxylation sites is 1. The second kappa shape index (κ2) is 12.9. The van der Waals surface area contributed by atoms with Gasteiger partial charge in [0.15, 0.2) is 0 Å². The van der Waals surface area contributed by atoms with Gasteiger partial charge in [0, 0.05) is 28.1 Å². The first-order chi connectivity index (χ1) is 19.5. The molecule has 0 spiro atoms.